The lowest BCUT2D eigenvalue weighted by Gasteiger charge is -2.13. The van der Waals surface area contributed by atoms with Crippen LogP contribution in [0.3, 0.4) is 0 Å². The summed E-state index contributed by atoms with van der Waals surface area (Å²) in [6.45, 7) is 2.23. The van der Waals surface area contributed by atoms with Gasteiger partial charge in [0.2, 0.25) is 0 Å². The average Bonchev–Trinajstić information content (AvgIpc) is 2.51. The lowest BCUT2D eigenvalue weighted by molar-refractivity contribution is 0.0135. The zero-order valence-electron chi connectivity index (χ0n) is 9.93. The number of hydrogen-bond acceptors (Lipinski definition) is 5. The van der Waals surface area contributed by atoms with Gasteiger partial charge in [0, 0.05) is 20.3 Å². The van der Waals surface area contributed by atoms with Crippen molar-refractivity contribution < 1.29 is 22.6 Å². The summed E-state index contributed by atoms with van der Waals surface area (Å²) in [5.41, 5.74) is 0. The van der Waals surface area contributed by atoms with Crippen LogP contribution < -0.4 is 0 Å². The lowest BCUT2D eigenvalue weighted by Crippen LogP contribution is -2.24. The van der Waals surface area contributed by atoms with Gasteiger partial charge in [-0.05, 0) is 6.42 Å². The fourth-order valence-electron chi connectivity index (χ4n) is 1.59. The molecule has 7 heteroatoms. The van der Waals surface area contributed by atoms with Crippen molar-refractivity contribution in [2.75, 3.05) is 45.0 Å². The largest absolute Gasteiger partial charge is 0.385 e. The summed E-state index contributed by atoms with van der Waals surface area (Å²) in [6, 6.07) is 0. The molecule has 17 heavy (non-hydrogen) atoms. The molecule has 102 valence electrons. The molecular weight excluding hydrogens is 312 g/mol. The van der Waals surface area contributed by atoms with Crippen LogP contribution in [0, 0.1) is 0 Å². The third-order valence-electron chi connectivity index (χ3n) is 2.43. The molecule has 1 fully saturated rings. The van der Waals surface area contributed by atoms with E-state index in [4.69, 9.17) is 14.2 Å². The van der Waals surface area contributed by atoms with Crippen LogP contribution in [0.1, 0.15) is 6.42 Å². The molecule has 0 bridgehead atoms. The fraction of sp³-hybridized carbons (Fsp3) is 1.00. The predicted molar refractivity (Wildman–Crippen MR) is 68.4 cm³/mol. The maximum absolute atomic E-state index is 11.3. The summed E-state index contributed by atoms with van der Waals surface area (Å²) >= 11 is 3.32. The van der Waals surface area contributed by atoms with E-state index in [-0.39, 0.29) is 22.4 Å². The summed E-state index contributed by atoms with van der Waals surface area (Å²) < 4.78 is 38.3. The highest BCUT2D eigenvalue weighted by Gasteiger charge is 2.36. The third-order valence-corrected chi connectivity index (χ3v) is 5.48. The van der Waals surface area contributed by atoms with Gasteiger partial charge in [0.05, 0.1) is 35.7 Å². The summed E-state index contributed by atoms with van der Waals surface area (Å²) in [7, 11) is -1.28. The second kappa shape index (κ2) is 7.68. The minimum atomic E-state index is -2.93. The summed E-state index contributed by atoms with van der Waals surface area (Å²) in [5.74, 6) is 0.263. The molecule has 2 atom stereocenters. The van der Waals surface area contributed by atoms with Crippen molar-refractivity contribution in [3.8, 4) is 0 Å². The Bertz CT molecular complexity index is 306. The van der Waals surface area contributed by atoms with E-state index in [1.54, 1.807) is 7.11 Å². The van der Waals surface area contributed by atoms with Gasteiger partial charge in [0.1, 0.15) is 0 Å². The van der Waals surface area contributed by atoms with E-state index in [0.29, 0.717) is 26.4 Å². The molecule has 0 radical (unpaired) electrons. The van der Waals surface area contributed by atoms with E-state index in [2.05, 4.69) is 15.9 Å². The monoisotopic (exact) mass is 330 g/mol. The average molecular weight is 331 g/mol. The van der Waals surface area contributed by atoms with Crippen molar-refractivity contribution in [2.45, 2.75) is 17.4 Å². The van der Waals surface area contributed by atoms with Crippen molar-refractivity contribution in [2.24, 2.45) is 0 Å². The molecule has 2 unspecified atom stereocenters. The standard InChI is InChI=1S/C10H19BrO5S/c1-14-3-2-4-15-5-6-16-10-8-17(12,13)7-9(10)11/h9-10H,2-8H2,1H3. The molecule has 5 nitrogen and oxygen atoms in total. The number of alkyl halides is 1. The van der Waals surface area contributed by atoms with Gasteiger partial charge in [-0.25, -0.2) is 8.42 Å². The Hall–Kier alpha value is 0.310. The highest BCUT2D eigenvalue weighted by Crippen LogP contribution is 2.22. The van der Waals surface area contributed by atoms with E-state index in [1.807, 2.05) is 0 Å². The molecule has 1 aliphatic heterocycles. The van der Waals surface area contributed by atoms with E-state index >= 15 is 0 Å². The third kappa shape index (κ3) is 6.15. The Kier molecular flexibility index (Phi) is 6.94. The molecule has 0 saturated carbocycles. The van der Waals surface area contributed by atoms with Gasteiger partial charge in [-0.1, -0.05) is 15.9 Å². The maximum atomic E-state index is 11.3. The maximum Gasteiger partial charge on any atom is 0.154 e. The molecule has 0 spiro atoms. The van der Waals surface area contributed by atoms with E-state index in [1.165, 1.54) is 0 Å². The van der Waals surface area contributed by atoms with Gasteiger partial charge >= 0.3 is 0 Å². The van der Waals surface area contributed by atoms with Gasteiger partial charge in [0.25, 0.3) is 0 Å². The van der Waals surface area contributed by atoms with Gasteiger partial charge in [-0.2, -0.15) is 0 Å². The molecule has 0 N–H and O–H groups in total. The van der Waals surface area contributed by atoms with Gasteiger partial charge in [-0.15, -0.1) is 0 Å². The van der Waals surface area contributed by atoms with Crippen molar-refractivity contribution >= 4 is 25.8 Å². The number of rotatable bonds is 8. The Morgan fingerprint density at radius 1 is 1.18 bits per heavy atom. The first-order valence-corrected chi connectivity index (χ1v) is 8.31. The van der Waals surface area contributed by atoms with E-state index < -0.39 is 9.84 Å². The quantitative estimate of drug-likeness (QED) is 0.482. The first-order valence-electron chi connectivity index (χ1n) is 5.58. The molecule has 0 aliphatic carbocycles. The summed E-state index contributed by atoms with van der Waals surface area (Å²) in [5, 5.41) is 0. The van der Waals surface area contributed by atoms with Crippen molar-refractivity contribution in [1.82, 2.24) is 0 Å². The molecule has 0 amide bonds. The minimum Gasteiger partial charge on any atom is -0.385 e. The van der Waals surface area contributed by atoms with Gasteiger partial charge < -0.3 is 14.2 Å². The molecule has 0 aromatic rings. The van der Waals surface area contributed by atoms with Gasteiger partial charge in [-0.3, -0.25) is 0 Å². The van der Waals surface area contributed by atoms with Crippen molar-refractivity contribution in [1.29, 1.82) is 0 Å². The second-order valence-electron chi connectivity index (χ2n) is 3.96. The van der Waals surface area contributed by atoms with Crippen LogP contribution >= 0.6 is 15.9 Å². The first kappa shape index (κ1) is 15.4. The van der Waals surface area contributed by atoms with Crippen LogP contribution in [-0.4, -0.2) is 64.4 Å². The normalized spacial score (nSPS) is 27.4. The number of halogens is 1. The van der Waals surface area contributed by atoms with Crippen LogP contribution in [-0.2, 0) is 24.0 Å². The molecule has 1 rings (SSSR count). The van der Waals surface area contributed by atoms with Crippen LogP contribution in [0.2, 0.25) is 0 Å². The van der Waals surface area contributed by atoms with E-state index in [9.17, 15) is 8.42 Å². The van der Waals surface area contributed by atoms with Crippen molar-refractivity contribution in [3.05, 3.63) is 0 Å². The Morgan fingerprint density at radius 2 is 1.94 bits per heavy atom. The Morgan fingerprint density at radius 3 is 2.53 bits per heavy atom. The molecule has 1 aliphatic rings. The molecule has 1 saturated heterocycles. The number of methoxy groups -OCH3 is 1. The Balaban J connectivity index is 2.04. The second-order valence-corrected chi connectivity index (χ2v) is 7.29. The smallest absolute Gasteiger partial charge is 0.154 e. The molecule has 0 aromatic heterocycles. The van der Waals surface area contributed by atoms with Gasteiger partial charge in [0.15, 0.2) is 9.84 Å². The van der Waals surface area contributed by atoms with Crippen molar-refractivity contribution in [3.63, 3.8) is 0 Å². The highest BCUT2D eigenvalue weighted by molar-refractivity contribution is 9.09. The predicted octanol–water partition coefficient (Wildman–Crippen LogP) is 0.617. The molecular formula is C10H19BrO5S. The van der Waals surface area contributed by atoms with Crippen LogP contribution in [0.5, 0.6) is 0 Å². The summed E-state index contributed by atoms with van der Waals surface area (Å²) in [6.07, 6.45) is 0.609. The van der Waals surface area contributed by atoms with Crippen LogP contribution in [0.15, 0.2) is 0 Å². The summed E-state index contributed by atoms with van der Waals surface area (Å²) in [4.78, 5) is -0.0963. The fourth-order valence-corrected chi connectivity index (χ4v) is 5.05. The minimum absolute atomic E-state index is 0.0963. The zero-order chi connectivity index (χ0) is 12.7. The first-order chi connectivity index (χ1) is 8.05. The SMILES string of the molecule is COCCCOCCOC1CS(=O)(=O)CC1Br. The highest BCUT2D eigenvalue weighted by atomic mass is 79.9. The molecule has 1 heterocycles. The zero-order valence-corrected chi connectivity index (χ0v) is 12.3. The van der Waals surface area contributed by atoms with Crippen LogP contribution in [0.4, 0.5) is 0 Å². The molecule has 0 aromatic carbocycles. The number of hydrogen-bond donors (Lipinski definition) is 0. The lowest BCUT2D eigenvalue weighted by atomic mass is 10.3. The Labute approximate surface area is 111 Å². The topological polar surface area (TPSA) is 61.8 Å². The number of sulfone groups is 1. The van der Waals surface area contributed by atoms with E-state index in [0.717, 1.165) is 6.42 Å². The van der Waals surface area contributed by atoms with Crippen LogP contribution in [0.25, 0.3) is 0 Å². The number of ether oxygens (including phenoxy) is 3.